The van der Waals surface area contributed by atoms with Crippen molar-refractivity contribution in [3.05, 3.63) is 34.3 Å². The highest BCUT2D eigenvalue weighted by Crippen LogP contribution is 2.07. The van der Waals surface area contributed by atoms with Crippen LogP contribution < -0.4 is 5.56 Å². The van der Waals surface area contributed by atoms with Gasteiger partial charge in [0.2, 0.25) is 0 Å². The van der Waals surface area contributed by atoms with Crippen molar-refractivity contribution in [2.45, 2.75) is 26.4 Å². The maximum Gasteiger partial charge on any atom is 0.331 e. The normalized spacial score (nSPS) is 11.8. The number of rotatable bonds is 2. The number of ether oxygens (including phenoxy) is 1. The number of esters is 1. The van der Waals surface area contributed by atoms with E-state index < -0.39 is 11.6 Å². The van der Waals surface area contributed by atoms with Gasteiger partial charge in [-0.2, -0.15) is 5.10 Å². The largest absolute Gasteiger partial charge is 0.457 e. The van der Waals surface area contributed by atoms with Gasteiger partial charge in [0.25, 0.3) is 5.56 Å². The van der Waals surface area contributed by atoms with E-state index in [0.29, 0.717) is 5.56 Å². The standard InChI is InChI=1S/C12H16N2O3/c1-12(2,3)17-10(15)6-5-9-7-8-13-14(4)11(9)16/h5-8H,1-4H3. The summed E-state index contributed by atoms with van der Waals surface area (Å²) in [6, 6.07) is 1.54. The fourth-order valence-corrected chi connectivity index (χ4v) is 1.14. The molecule has 0 saturated heterocycles. The topological polar surface area (TPSA) is 61.2 Å². The predicted octanol–water partition coefficient (Wildman–Crippen LogP) is 1.14. The first-order valence-electron chi connectivity index (χ1n) is 5.23. The minimum absolute atomic E-state index is 0.257. The first kappa shape index (κ1) is 13.2. The lowest BCUT2D eigenvalue weighted by Crippen LogP contribution is -2.23. The Balaban J connectivity index is 2.82. The second kappa shape index (κ2) is 4.95. The summed E-state index contributed by atoms with van der Waals surface area (Å²) in [4.78, 5) is 23.0. The van der Waals surface area contributed by atoms with Gasteiger partial charge in [-0.05, 0) is 32.9 Å². The molecule has 0 aromatic carbocycles. The molecule has 1 aromatic heterocycles. The Bertz CT molecular complexity index is 495. The summed E-state index contributed by atoms with van der Waals surface area (Å²) in [5, 5.41) is 3.78. The molecule has 1 heterocycles. The van der Waals surface area contributed by atoms with Gasteiger partial charge in [-0.25, -0.2) is 9.48 Å². The number of hydrogen-bond donors (Lipinski definition) is 0. The summed E-state index contributed by atoms with van der Waals surface area (Å²) in [7, 11) is 1.55. The van der Waals surface area contributed by atoms with Gasteiger partial charge in [0.15, 0.2) is 0 Å². The van der Waals surface area contributed by atoms with Gasteiger partial charge in [-0.1, -0.05) is 0 Å². The van der Waals surface area contributed by atoms with Crippen molar-refractivity contribution in [3.63, 3.8) is 0 Å². The first-order chi connectivity index (χ1) is 7.79. The molecule has 0 radical (unpaired) electrons. The maximum absolute atomic E-state index is 11.6. The van der Waals surface area contributed by atoms with Crippen molar-refractivity contribution in [1.82, 2.24) is 9.78 Å². The molecule has 0 aliphatic heterocycles. The molecule has 0 atom stereocenters. The number of aryl methyl sites for hydroxylation is 1. The number of carbonyl (C=O) groups is 1. The second-order valence-corrected chi connectivity index (χ2v) is 4.58. The van der Waals surface area contributed by atoms with E-state index in [0.717, 1.165) is 0 Å². The molecular formula is C12H16N2O3. The van der Waals surface area contributed by atoms with Gasteiger partial charge < -0.3 is 4.74 Å². The number of hydrogen-bond acceptors (Lipinski definition) is 4. The van der Waals surface area contributed by atoms with Crippen molar-refractivity contribution < 1.29 is 9.53 Å². The molecule has 17 heavy (non-hydrogen) atoms. The second-order valence-electron chi connectivity index (χ2n) is 4.58. The lowest BCUT2D eigenvalue weighted by molar-refractivity contribution is -0.148. The van der Waals surface area contributed by atoms with E-state index in [1.165, 1.54) is 23.0 Å². The van der Waals surface area contributed by atoms with Crippen molar-refractivity contribution in [2.24, 2.45) is 7.05 Å². The van der Waals surface area contributed by atoms with Crippen molar-refractivity contribution in [2.75, 3.05) is 0 Å². The molecule has 0 unspecified atom stereocenters. The molecule has 0 N–H and O–H groups in total. The predicted molar refractivity (Wildman–Crippen MR) is 64.4 cm³/mol. The number of nitrogens with zero attached hydrogens (tertiary/aromatic N) is 2. The van der Waals surface area contributed by atoms with Gasteiger partial charge >= 0.3 is 5.97 Å². The number of aromatic nitrogens is 2. The highest BCUT2D eigenvalue weighted by atomic mass is 16.6. The third kappa shape index (κ3) is 4.22. The molecule has 92 valence electrons. The summed E-state index contributed by atoms with van der Waals surface area (Å²) in [6.07, 6.45) is 4.16. The maximum atomic E-state index is 11.6. The van der Waals surface area contributed by atoms with E-state index in [1.807, 2.05) is 0 Å². The van der Waals surface area contributed by atoms with Crippen LogP contribution in [0.4, 0.5) is 0 Å². The molecule has 1 rings (SSSR count). The SMILES string of the molecule is Cn1nccc(C=CC(=O)OC(C)(C)C)c1=O. The van der Waals surface area contributed by atoms with Crippen LogP contribution in [-0.2, 0) is 16.6 Å². The van der Waals surface area contributed by atoms with E-state index in [2.05, 4.69) is 5.10 Å². The lowest BCUT2D eigenvalue weighted by atomic mass is 10.2. The Kier molecular flexibility index (Phi) is 3.83. The van der Waals surface area contributed by atoms with E-state index in [9.17, 15) is 9.59 Å². The van der Waals surface area contributed by atoms with Crippen LogP contribution in [0.2, 0.25) is 0 Å². The van der Waals surface area contributed by atoms with Gasteiger partial charge in [0.05, 0.1) is 0 Å². The number of carbonyl (C=O) groups excluding carboxylic acids is 1. The smallest absolute Gasteiger partial charge is 0.331 e. The van der Waals surface area contributed by atoms with Gasteiger partial charge in [-0.15, -0.1) is 0 Å². The Morgan fingerprint density at radius 1 is 1.47 bits per heavy atom. The van der Waals surface area contributed by atoms with Crippen LogP contribution >= 0.6 is 0 Å². The fourth-order valence-electron chi connectivity index (χ4n) is 1.14. The summed E-state index contributed by atoms with van der Waals surface area (Å²) in [5.41, 5.74) is -0.398. The molecule has 0 amide bonds. The zero-order valence-electron chi connectivity index (χ0n) is 10.4. The quantitative estimate of drug-likeness (QED) is 0.570. The summed E-state index contributed by atoms with van der Waals surface area (Å²) in [5.74, 6) is -0.476. The molecule has 0 bridgehead atoms. The molecule has 0 aliphatic rings. The molecular weight excluding hydrogens is 220 g/mol. The molecule has 0 fully saturated rings. The van der Waals surface area contributed by atoms with Crippen LogP contribution in [0.25, 0.3) is 6.08 Å². The van der Waals surface area contributed by atoms with E-state index in [4.69, 9.17) is 4.74 Å². The minimum Gasteiger partial charge on any atom is -0.457 e. The van der Waals surface area contributed by atoms with E-state index in [-0.39, 0.29) is 5.56 Å². The Morgan fingerprint density at radius 2 is 2.12 bits per heavy atom. The average molecular weight is 236 g/mol. The summed E-state index contributed by atoms with van der Waals surface area (Å²) >= 11 is 0. The molecule has 0 spiro atoms. The van der Waals surface area contributed by atoms with Gasteiger partial charge in [0, 0.05) is 24.9 Å². The molecule has 5 nitrogen and oxygen atoms in total. The average Bonchev–Trinajstić information content (AvgIpc) is 2.18. The van der Waals surface area contributed by atoms with Crippen LogP contribution in [0.5, 0.6) is 0 Å². The zero-order chi connectivity index (χ0) is 13.1. The van der Waals surface area contributed by atoms with Crippen molar-refractivity contribution in [1.29, 1.82) is 0 Å². The van der Waals surface area contributed by atoms with Crippen LogP contribution in [0.15, 0.2) is 23.1 Å². The Hall–Kier alpha value is -1.91. The lowest BCUT2D eigenvalue weighted by Gasteiger charge is -2.17. The van der Waals surface area contributed by atoms with Crippen LogP contribution in [-0.4, -0.2) is 21.4 Å². The molecule has 5 heteroatoms. The van der Waals surface area contributed by atoms with Crippen LogP contribution in [0.1, 0.15) is 26.3 Å². The Morgan fingerprint density at radius 3 is 2.71 bits per heavy atom. The van der Waals surface area contributed by atoms with E-state index in [1.54, 1.807) is 33.9 Å². The summed E-state index contributed by atoms with van der Waals surface area (Å²) in [6.45, 7) is 5.35. The van der Waals surface area contributed by atoms with Gasteiger partial charge in [0.1, 0.15) is 5.60 Å². The molecule has 0 saturated carbocycles. The highest BCUT2D eigenvalue weighted by Gasteiger charge is 2.13. The minimum atomic E-state index is -0.537. The monoisotopic (exact) mass is 236 g/mol. The zero-order valence-corrected chi connectivity index (χ0v) is 10.4. The Labute approximate surface area is 99.7 Å². The fraction of sp³-hybridized carbons (Fsp3) is 0.417. The van der Waals surface area contributed by atoms with E-state index >= 15 is 0 Å². The highest BCUT2D eigenvalue weighted by molar-refractivity contribution is 5.87. The van der Waals surface area contributed by atoms with Crippen molar-refractivity contribution >= 4 is 12.0 Å². The first-order valence-corrected chi connectivity index (χ1v) is 5.23. The van der Waals surface area contributed by atoms with Crippen LogP contribution in [0.3, 0.4) is 0 Å². The van der Waals surface area contributed by atoms with Crippen molar-refractivity contribution in [3.8, 4) is 0 Å². The molecule has 0 aliphatic carbocycles. The van der Waals surface area contributed by atoms with Gasteiger partial charge in [-0.3, -0.25) is 4.79 Å². The van der Waals surface area contributed by atoms with Crippen LogP contribution in [0, 0.1) is 0 Å². The summed E-state index contributed by atoms with van der Waals surface area (Å²) < 4.78 is 6.28. The third-order valence-corrected chi connectivity index (χ3v) is 1.84. The third-order valence-electron chi connectivity index (χ3n) is 1.84. The molecule has 1 aromatic rings.